The molecule has 0 bridgehead atoms. The number of rotatable bonds is 5. The zero-order chi connectivity index (χ0) is 20.7. The van der Waals surface area contributed by atoms with Gasteiger partial charge in [-0.25, -0.2) is 4.98 Å². The lowest BCUT2D eigenvalue weighted by Crippen LogP contribution is -2.45. The average Bonchev–Trinajstić information content (AvgIpc) is 2.73. The van der Waals surface area contributed by atoms with Gasteiger partial charge in [0.2, 0.25) is 0 Å². The third-order valence-electron chi connectivity index (χ3n) is 4.84. The second-order valence-electron chi connectivity index (χ2n) is 7.04. The quantitative estimate of drug-likeness (QED) is 0.749. The summed E-state index contributed by atoms with van der Waals surface area (Å²) >= 11 is 0. The Morgan fingerprint density at radius 2 is 1.97 bits per heavy atom. The van der Waals surface area contributed by atoms with Crippen molar-refractivity contribution >= 4 is 5.82 Å². The summed E-state index contributed by atoms with van der Waals surface area (Å²) in [5.41, 5.74) is 1.33. The van der Waals surface area contributed by atoms with Gasteiger partial charge in [0.1, 0.15) is 5.82 Å². The van der Waals surface area contributed by atoms with Gasteiger partial charge in [0.05, 0.1) is 12.2 Å². The van der Waals surface area contributed by atoms with E-state index in [1.54, 1.807) is 0 Å². The molecule has 0 saturated carbocycles. The van der Waals surface area contributed by atoms with Gasteiger partial charge in [0.25, 0.3) is 0 Å². The van der Waals surface area contributed by atoms with E-state index in [4.69, 9.17) is 5.11 Å². The monoisotopic (exact) mass is 403 g/mol. The van der Waals surface area contributed by atoms with Crippen LogP contribution < -0.4 is 10.2 Å². The maximum atomic E-state index is 12.7. The van der Waals surface area contributed by atoms with Crippen molar-refractivity contribution in [2.24, 2.45) is 0 Å². The molecule has 0 radical (unpaired) electrons. The Balaban J connectivity index is 1.53. The number of halogens is 3. The van der Waals surface area contributed by atoms with E-state index in [0.717, 1.165) is 42.8 Å². The second-order valence-corrected chi connectivity index (χ2v) is 7.04. The van der Waals surface area contributed by atoms with E-state index in [1.165, 1.54) is 6.07 Å². The normalized spacial score (nSPS) is 17.0. The Morgan fingerprint density at radius 1 is 1.17 bits per heavy atom. The molecule has 4 nitrogen and oxygen atoms in total. The third kappa shape index (κ3) is 6.21. The molecule has 1 atom stereocenters. The molecule has 1 aliphatic heterocycles. The zero-order valence-corrected chi connectivity index (χ0v) is 16.0. The summed E-state index contributed by atoms with van der Waals surface area (Å²) in [6.07, 6.45) is -1.02. The van der Waals surface area contributed by atoms with Gasteiger partial charge >= 0.3 is 6.18 Å². The second kappa shape index (κ2) is 9.77. The molecule has 2 N–H and O–H groups in total. The van der Waals surface area contributed by atoms with Crippen LogP contribution in [-0.2, 0) is 12.7 Å². The number of hydrogen-bond acceptors (Lipinski definition) is 4. The van der Waals surface area contributed by atoms with Gasteiger partial charge in [0.15, 0.2) is 0 Å². The van der Waals surface area contributed by atoms with Gasteiger partial charge in [-0.15, -0.1) is 0 Å². The number of hydrogen-bond donors (Lipinski definition) is 2. The molecule has 2 aromatic rings. The molecule has 0 amide bonds. The van der Waals surface area contributed by atoms with Crippen molar-refractivity contribution in [2.75, 3.05) is 24.6 Å². The molecule has 0 aliphatic carbocycles. The van der Waals surface area contributed by atoms with Crippen LogP contribution >= 0.6 is 0 Å². The van der Waals surface area contributed by atoms with Gasteiger partial charge in [-0.05, 0) is 42.7 Å². The Labute approximate surface area is 168 Å². The number of piperidine rings is 1. The lowest BCUT2D eigenvalue weighted by Gasteiger charge is -2.34. The SMILES string of the molecule is OCCC#Cc1ccc(CNC2CCCN(c3ccc(C(F)(F)F)cn3)C2)cc1. The summed E-state index contributed by atoms with van der Waals surface area (Å²) in [5.74, 6) is 6.48. The topological polar surface area (TPSA) is 48.4 Å². The Hall–Kier alpha value is -2.56. The fourth-order valence-corrected chi connectivity index (χ4v) is 3.28. The number of anilines is 1. The van der Waals surface area contributed by atoms with E-state index >= 15 is 0 Å². The van der Waals surface area contributed by atoms with Crippen molar-refractivity contribution < 1.29 is 18.3 Å². The van der Waals surface area contributed by atoms with E-state index in [1.807, 2.05) is 29.2 Å². The number of aliphatic hydroxyl groups excluding tert-OH is 1. The van der Waals surface area contributed by atoms with Gasteiger partial charge < -0.3 is 15.3 Å². The zero-order valence-electron chi connectivity index (χ0n) is 16.0. The predicted molar refractivity (Wildman–Crippen MR) is 106 cm³/mol. The van der Waals surface area contributed by atoms with E-state index < -0.39 is 11.7 Å². The molecule has 1 unspecified atom stereocenters. The lowest BCUT2D eigenvalue weighted by molar-refractivity contribution is -0.137. The number of nitrogens with zero attached hydrogens (tertiary/aromatic N) is 2. The van der Waals surface area contributed by atoms with Crippen LogP contribution in [-0.4, -0.2) is 35.8 Å². The number of benzene rings is 1. The largest absolute Gasteiger partial charge is 0.417 e. The predicted octanol–water partition coefficient (Wildman–Crippen LogP) is 3.59. The summed E-state index contributed by atoms with van der Waals surface area (Å²) in [6, 6.07) is 10.7. The highest BCUT2D eigenvalue weighted by Crippen LogP contribution is 2.29. The number of aliphatic hydroxyl groups is 1. The summed E-state index contributed by atoms with van der Waals surface area (Å²) in [7, 11) is 0. The Bertz CT molecular complexity index is 839. The van der Waals surface area contributed by atoms with Crippen LogP contribution in [0.2, 0.25) is 0 Å². The number of alkyl halides is 3. The first-order valence-corrected chi connectivity index (χ1v) is 9.66. The van der Waals surface area contributed by atoms with Crippen LogP contribution in [0, 0.1) is 11.8 Å². The Kier molecular flexibility index (Phi) is 7.13. The van der Waals surface area contributed by atoms with Crippen molar-refractivity contribution in [3.05, 3.63) is 59.3 Å². The van der Waals surface area contributed by atoms with Crippen LogP contribution in [0.15, 0.2) is 42.6 Å². The summed E-state index contributed by atoms with van der Waals surface area (Å²) in [4.78, 5) is 6.04. The molecule has 1 saturated heterocycles. The first kappa shape index (κ1) is 21.2. The molecule has 3 rings (SSSR count). The fourth-order valence-electron chi connectivity index (χ4n) is 3.28. The van der Waals surface area contributed by atoms with Gasteiger partial charge in [-0.3, -0.25) is 0 Å². The van der Waals surface area contributed by atoms with E-state index in [9.17, 15) is 13.2 Å². The smallest absolute Gasteiger partial charge is 0.395 e. The fraction of sp³-hybridized carbons (Fsp3) is 0.409. The number of nitrogens with one attached hydrogen (secondary N) is 1. The maximum absolute atomic E-state index is 12.7. The minimum atomic E-state index is -4.36. The standard InChI is InChI=1S/C22H24F3N3O/c23-22(24,25)19-10-11-21(27-15-19)28-12-3-5-20(16-28)26-14-18-8-6-17(7-9-18)4-1-2-13-29/h6-11,15,20,26,29H,2-3,5,12-14,16H2. The first-order chi connectivity index (χ1) is 14.0. The van der Waals surface area contributed by atoms with Crippen LogP contribution in [0.3, 0.4) is 0 Å². The lowest BCUT2D eigenvalue weighted by atomic mass is 10.0. The molecule has 1 aromatic heterocycles. The van der Waals surface area contributed by atoms with Crippen molar-refractivity contribution in [3.8, 4) is 11.8 Å². The minimum Gasteiger partial charge on any atom is -0.395 e. The molecule has 1 fully saturated rings. The maximum Gasteiger partial charge on any atom is 0.417 e. The summed E-state index contributed by atoms with van der Waals surface area (Å²) in [6.45, 7) is 2.28. The molecule has 1 aliphatic rings. The van der Waals surface area contributed by atoms with Crippen molar-refractivity contribution in [3.63, 3.8) is 0 Å². The van der Waals surface area contributed by atoms with Crippen LogP contribution in [0.1, 0.15) is 36.0 Å². The van der Waals surface area contributed by atoms with Crippen LogP contribution in [0.4, 0.5) is 19.0 Å². The average molecular weight is 403 g/mol. The molecule has 2 heterocycles. The molecule has 1 aromatic carbocycles. The molecule has 154 valence electrons. The molecule has 7 heteroatoms. The van der Waals surface area contributed by atoms with Crippen molar-refractivity contribution in [2.45, 2.75) is 38.0 Å². The molecule has 29 heavy (non-hydrogen) atoms. The van der Waals surface area contributed by atoms with Crippen molar-refractivity contribution in [1.29, 1.82) is 0 Å². The highest BCUT2D eigenvalue weighted by molar-refractivity contribution is 5.41. The van der Waals surface area contributed by atoms with Crippen molar-refractivity contribution in [1.82, 2.24) is 10.3 Å². The highest BCUT2D eigenvalue weighted by Gasteiger charge is 2.31. The highest BCUT2D eigenvalue weighted by atomic mass is 19.4. The van der Waals surface area contributed by atoms with E-state index in [2.05, 4.69) is 22.1 Å². The third-order valence-corrected chi connectivity index (χ3v) is 4.84. The molecule has 0 spiro atoms. The van der Waals surface area contributed by atoms with Crippen LogP contribution in [0.25, 0.3) is 0 Å². The molecular formula is C22H24F3N3O. The van der Waals surface area contributed by atoms with Crippen LogP contribution in [0.5, 0.6) is 0 Å². The summed E-state index contributed by atoms with van der Waals surface area (Å²) in [5, 5.41) is 12.3. The van der Waals surface area contributed by atoms with Gasteiger partial charge in [-0.2, -0.15) is 13.2 Å². The Morgan fingerprint density at radius 3 is 2.62 bits per heavy atom. The summed E-state index contributed by atoms with van der Waals surface area (Å²) < 4.78 is 38.1. The first-order valence-electron chi connectivity index (χ1n) is 9.66. The van der Waals surface area contributed by atoms with Gasteiger partial charge in [0, 0.05) is 43.9 Å². The number of aromatic nitrogens is 1. The minimum absolute atomic E-state index is 0.0649. The van der Waals surface area contributed by atoms with E-state index in [-0.39, 0.29) is 12.6 Å². The van der Waals surface area contributed by atoms with Gasteiger partial charge in [-0.1, -0.05) is 24.0 Å². The number of pyridine rings is 1. The molecular weight excluding hydrogens is 379 g/mol. The van der Waals surface area contributed by atoms with E-state index in [0.29, 0.717) is 25.3 Å².